The maximum absolute atomic E-state index is 11.7. The van der Waals surface area contributed by atoms with Crippen LogP contribution in [0.25, 0.3) is 0 Å². The van der Waals surface area contributed by atoms with Gasteiger partial charge in [-0.1, -0.05) is 0 Å². The first-order chi connectivity index (χ1) is 7.22. The van der Waals surface area contributed by atoms with Crippen molar-refractivity contribution in [3.63, 3.8) is 0 Å². The van der Waals surface area contributed by atoms with Crippen LogP contribution in [0.2, 0.25) is 0 Å². The van der Waals surface area contributed by atoms with E-state index in [1.807, 2.05) is 13.0 Å². The van der Waals surface area contributed by atoms with Crippen LogP contribution >= 0.6 is 11.6 Å². The van der Waals surface area contributed by atoms with E-state index in [1.54, 1.807) is 17.3 Å². The van der Waals surface area contributed by atoms with E-state index >= 15 is 0 Å². The number of alkyl halides is 1. The van der Waals surface area contributed by atoms with Crippen molar-refractivity contribution in [2.24, 2.45) is 5.92 Å². The Hall–Kier alpha value is -1.09. The molecule has 2 rings (SSSR count). The monoisotopic (exact) mass is 224 g/mol. The average molecular weight is 225 g/mol. The molecule has 0 radical (unpaired) electrons. The molecule has 4 heteroatoms. The molecule has 1 aromatic heterocycles. The smallest absolute Gasteiger partial charge is 0.227 e. The molecule has 1 amide bonds. The van der Waals surface area contributed by atoms with E-state index < -0.39 is 0 Å². The van der Waals surface area contributed by atoms with Crippen LogP contribution in [0.15, 0.2) is 18.5 Å². The van der Waals surface area contributed by atoms with Gasteiger partial charge in [0, 0.05) is 25.0 Å². The maximum atomic E-state index is 11.7. The topological polar surface area (TPSA) is 33.2 Å². The van der Waals surface area contributed by atoms with Gasteiger partial charge in [0.25, 0.3) is 0 Å². The van der Waals surface area contributed by atoms with Crippen molar-refractivity contribution in [1.82, 2.24) is 4.98 Å². The Morgan fingerprint density at radius 2 is 2.47 bits per heavy atom. The fourth-order valence-electron chi connectivity index (χ4n) is 1.86. The van der Waals surface area contributed by atoms with E-state index in [4.69, 9.17) is 11.6 Å². The van der Waals surface area contributed by atoms with Gasteiger partial charge in [-0.2, -0.15) is 0 Å². The van der Waals surface area contributed by atoms with E-state index in [1.165, 1.54) is 0 Å². The zero-order chi connectivity index (χ0) is 10.8. The van der Waals surface area contributed by atoms with Crippen molar-refractivity contribution in [2.45, 2.75) is 13.3 Å². The van der Waals surface area contributed by atoms with Crippen molar-refractivity contribution >= 4 is 23.2 Å². The van der Waals surface area contributed by atoms with Gasteiger partial charge in [0.2, 0.25) is 5.91 Å². The van der Waals surface area contributed by atoms with Gasteiger partial charge in [0.05, 0.1) is 11.9 Å². The van der Waals surface area contributed by atoms with Crippen LogP contribution in [0.1, 0.15) is 12.0 Å². The van der Waals surface area contributed by atoms with Crippen LogP contribution < -0.4 is 4.90 Å². The minimum absolute atomic E-state index is 0.150. The van der Waals surface area contributed by atoms with E-state index in [0.717, 1.165) is 17.8 Å². The van der Waals surface area contributed by atoms with Crippen LogP contribution in [0.5, 0.6) is 0 Å². The molecule has 1 fully saturated rings. The molecular formula is C11H13ClN2O. The van der Waals surface area contributed by atoms with Gasteiger partial charge in [0.1, 0.15) is 0 Å². The van der Waals surface area contributed by atoms with Crippen LogP contribution in [-0.2, 0) is 4.79 Å². The molecule has 1 atom stereocenters. The Kier molecular flexibility index (Phi) is 2.91. The number of aromatic nitrogens is 1. The molecule has 0 saturated carbocycles. The fourth-order valence-corrected chi connectivity index (χ4v) is 2.06. The molecule has 0 bridgehead atoms. The summed E-state index contributed by atoms with van der Waals surface area (Å²) in [7, 11) is 0. The van der Waals surface area contributed by atoms with Gasteiger partial charge in [-0.05, 0) is 24.5 Å². The molecule has 1 unspecified atom stereocenters. The summed E-state index contributed by atoms with van der Waals surface area (Å²) in [5, 5.41) is 0. The van der Waals surface area contributed by atoms with Crippen molar-refractivity contribution in [2.75, 3.05) is 17.3 Å². The zero-order valence-corrected chi connectivity index (χ0v) is 9.37. The fraction of sp³-hybridized carbons (Fsp3) is 0.455. The largest absolute Gasteiger partial charge is 0.310 e. The molecule has 0 N–H and O–H groups in total. The highest BCUT2D eigenvalue weighted by molar-refractivity contribution is 6.18. The summed E-state index contributed by atoms with van der Waals surface area (Å²) in [6.45, 7) is 2.70. The minimum Gasteiger partial charge on any atom is -0.310 e. The highest BCUT2D eigenvalue weighted by Gasteiger charge is 2.30. The van der Waals surface area contributed by atoms with Crippen molar-refractivity contribution in [3.05, 3.63) is 24.0 Å². The molecule has 0 aromatic carbocycles. The van der Waals surface area contributed by atoms with Crippen LogP contribution in [0.4, 0.5) is 5.69 Å². The Bertz CT molecular complexity index is 381. The molecule has 1 aliphatic heterocycles. The number of carbonyl (C=O) groups excluding carboxylic acids is 1. The molecular weight excluding hydrogens is 212 g/mol. The number of carbonyl (C=O) groups is 1. The van der Waals surface area contributed by atoms with Crippen LogP contribution in [0.3, 0.4) is 0 Å². The average Bonchev–Trinajstić information content (AvgIpc) is 2.60. The Morgan fingerprint density at radius 1 is 1.67 bits per heavy atom. The van der Waals surface area contributed by atoms with E-state index in [0.29, 0.717) is 12.3 Å². The number of nitrogens with zero attached hydrogens (tertiary/aromatic N) is 2. The number of hydrogen-bond acceptors (Lipinski definition) is 2. The van der Waals surface area contributed by atoms with Gasteiger partial charge in [0.15, 0.2) is 0 Å². The second-order valence-electron chi connectivity index (χ2n) is 3.89. The maximum Gasteiger partial charge on any atom is 0.227 e. The van der Waals surface area contributed by atoms with Gasteiger partial charge < -0.3 is 4.90 Å². The van der Waals surface area contributed by atoms with Crippen molar-refractivity contribution in [1.29, 1.82) is 0 Å². The third-order valence-electron chi connectivity index (χ3n) is 2.73. The highest BCUT2D eigenvalue weighted by Crippen LogP contribution is 2.27. The second kappa shape index (κ2) is 4.19. The quantitative estimate of drug-likeness (QED) is 0.720. The van der Waals surface area contributed by atoms with Gasteiger partial charge in [-0.25, -0.2) is 0 Å². The third-order valence-corrected chi connectivity index (χ3v) is 3.16. The predicted octanol–water partition coefficient (Wildman–Crippen LogP) is 1.98. The first kappa shape index (κ1) is 10.4. The summed E-state index contributed by atoms with van der Waals surface area (Å²) in [6.07, 6.45) is 4.03. The Labute approximate surface area is 94.1 Å². The SMILES string of the molecule is Cc1ccncc1N1CC(CCl)CC1=O. The molecule has 0 aliphatic carbocycles. The molecule has 15 heavy (non-hydrogen) atoms. The first-order valence-corrected chi connectivity index (χ1v) is 5.52. The number of pyridine rings is 1. The van der Waals surface area contributed by atoms with Crippen molar-refractivity contribution in [3.8, 4) is 0 Å². The highest BCUT2D eigenvalue weighted by atomic mass is 35.5. The first-order valence-electron chi connectivity index (χ1n) is 4.99. The lowest BCUT2D eigenvalue weighted by molar-refractivity contribution is -0.117. The minimum atomic E-state index is 0.150. The number of rotatable bonds is 2. The van der Waals surface area contributed by atoms with E-state index in [2.05, 4.69) is 4.98 Å². The predicted molar refractivity (Wildman–Crippen MR) is 60.2 cm³/mol. The summed E-state index contributed by atoms with van der Waals surface area (Å²) in [5.74, 6) is 0.970. The molecule has 0 spiro atoms. The number of amides is 1. The number of anilines is 1. The van der Waals surface area contributed by atoms with Crippen LogP contribution in [0, 0.1) is 12.8 Å². The lowest BCUT2D eigenvalue weighted by atomic mass is 10.1. The number of hydrogen-bond donors (Lipinski definition) is 0. The third kappa shape index (κ3) is 1.97. The van der Waals surface area contributed by atoms with Crippen molar-refractivity contribution < 1.29 is 4.79 Å². The molecule has 3 nitrogen and oxygen atoms in total. The van der Waals surface area contributed by atoms with E-state index in [-0.39, 0.29) is 11.8 Å². The lowest BCUT2D eigenvalue weighted by Crippen LogP contribution is -2.25. The van der Waals surface area contributed by atoms with E-state index in [9.17, 15) is 4.79 Å². The normalized spacial score (nSPS) is 21.1. The summed E-state index contributed by atoms with van der Waals surface area (Å²) in [5.41, 5.74) is 1.99. The summed E-state index contributed by atoms with van der Waals surface area (Å²) in [4.78, 5) is 17.6. The number of halogens is 1. The standard InChI is InChI=1S/C11H13ClN2O/c1-8-2-3-13-6-10(8)14-7-9(5-12)4-11(14)15/h2-3,6,9H,4-5,7H2,1H3. The summed E-state index contributed by atoms with van der Waals surface area (Å²) < 4.78 is 0. The number of aryl methyl sites for hydroxylation is 1. The molecule has 80 valence electrons. The summed E-state index contributed by atoms with van der Waals surface area (Å²) in [6, 6.07) is 1.91. The van der Waals surface area contributed by atoms with Gasteiger partial charge >= 0.3 is 0 Å². The molecule has 2 heterocycles. The lowest BCUT2D eigenvalue weighted by Gasteiger charge is -2.17. The Morgan fingerprint density at radius 3 is 3.07 bits per heavy atom. The zero-order valence-electron chi connectivity index (χ0n) is 8.61. The summed E-state index contributed by atoms with van der Waals surface area (Å²) >= 11 is 5.77. The molecule has 1 aromatic rings. The Balaban J connectivity index is 2.25. The van der Waals surface area contributed by atoms with Gasteiger partial charge in [-0.15, -0.1) is 11.6 Å². The molecule has 1 saturated heterocycles. The molecule has 1 aliphatic rings. The van der Waals surface area contributed by atoms with Crippen LogP contribution in [-0.4, -0.2) is 23.3 Å². The van der Waals surface area contributed by atoms with Gasteiger partial charge in [-0.3, -0.25) is 9.78 Å². The second-order valence-corrected chi connectivity index (χ2v) is 4.20.